The molecule has 23 heavy (non-hydrogen) atoms. The highest BCUT2D eigenvalue weighted by Gasteiger charge is 2.26. The molecule has 0 spiro atoms. The highest BCUT2D eigenvalue weighted by atomic mass is 35.5. The molecule has 0 aliphatic heterocycles. The summed E-state index contributed by atoms with van der Waals surface area (Å²) in [5.41, 5.74) is 0.860. The lowest BCUT2D eigenvalue weighted by atomic mass is 10.2. The fraction of sp³-hybridized carbons (Fsp3) is 0.267. The maximum Gasteiger partial charge on any atom is 0.307 e. The van der Waals surface area contributed by atoms with Crippen LogP contribution < -0.4 is 4.72 Å². The Morgan fingerprint density at radius 3 is 2.70 bits per heavy atom. The second-order valence-electron chi connectivity index (χ2n) is 4.90. The molecule has 1 heterocycles. The van der Waals surface area contributed by atoms with Gasteiger partial charge in [0.1, 0.15) is 4.90 Å². The van der Waals surface area contributed by atoms with Crippen molar-refractivity contribution in [2.45, 2.75) is 24.3 Å². The van der Waals surface area contributed by atoms with Gasteiger partial charge in [-0.15, -0.1) is 11.3 Å². The van der Waals surface area contributed by atoms with Gasteiger partial charge in [-0.25, -0.2) is 13.1 Å². The zero-order valence-electron chi connectivity index (χ0n) is 12.6. The molecular formula is C15H16ClNO4S2. The minimum absolute atomic E-state index is 0.0174. The number of methoxy groups -OCH3 is 1. The quantitative estimate of drug-likeness (QED) is 0.788. The van der Waals surface area contributed by atoms with Gasteiger partial charge >= 0.3 is 5.97 Å². The van der Waals surface area contributed by atoms with Gasteiger partial charge in [0.2, 0.25) is 10.0 Å². The second-order valence-corrected chi connectivity index (χ2v) is 7.97. The van der Waals surface area contributed by atoms with Crippen LogP contribution in [0.2, 0.25) is 5.02 Å². The highest BCUT2D eigenvalue weighted by Crippen LogP contribution is 2.27. The maximum absolute atomic E-state index is 12.6. The van der Waals surface area contributed by atoms with Gasteiger partial charge in [0, 0.05) is 4.88 Å². The number of thiophene rings is 1. The van der Waals surface area contributed by atoms with E-state index in [9.17, 15) is 13.2 Å². The molecule has 0 aliphatic carbocycles. The molecule has 0 radical (unpaired) electrons. The average Bonchev–Trinajstić information content (AvgIpc) is 2.99. The van der Waals surface area contributed by atoms with Gasteiger partial charge in [0.25, 0.3) is 0 Å². The summed E-state index contributed by atoms with van der Waals surface area (Å²) in [7, 11) is -2.61. The zero-order valence-corrected chi connectivity index (χ0v) is 15.0. The Labute approximate surface area is 144 Å². The number of halogens is 1. The molecule has 0 aliphatic rings. The molecule has 124 valence electrons. The third-order valence-corrected chi connectivity index (χ3v) is 6.10. The molecular weight excluding hydrogens is 358 g/mol. The van der Waals surface area contributed by atoms with E-state index in [1.807, 2.05) is 12.3 Å². The van der Waals surface area contributed by atoms with Crippen molar-refractivity contribution in [2.24, 2.45) is 0 Å². The Hall–Kier alpha value is -1.41. The molecule has 0 fully saturated rings. The first-order valence-electron chi connectivity index (χ1n) is 6.72. The zero-order chi connectivity index (χ0) is 17.0. The lowest BCUT2D eigenvalue weighted by molar-refractivity contribution is -0.141. The first kappa shape index (κ1) is 17.9. The Morgan fingerprint density at radius 1 is 1.39 bits per heavy atom. The molecule has 1 atom stereocenters. The lowest BCUT2D eigenvalue weighted by Crippen LogP contribution is -2.30. The number of sulfonamides is 1. The molecule has 0 saturated heterocycles. The largest absolute Gasteiger partial charge is 0.469 e. The fourth-order valence-corrected chi connectivity index (χ4v) is 4.68. The van der Waals surface area contributed by atoms with Gasteiger partial charge in [-0.2, -0.15) is 0 Å². The van der Waals surface area contributed by atoms with E-state index in [1.54, 1.807) is 24.3 Å². The molecule has 1 N–H and O–H groups in total. The van der Waals surface area contributed by atoms with Gasteiger partial charge in [-0.3, -0.25) is 4.79 Å². The molecule has 0 saturated carbocycles. The number of ether oxygens (including phenoxy) is 1. The topological polar surface area (TPSA) is 72.5 Å². The summed E-state index contributed by atoms with van der Waals surface area (Å²) >= 11 is 7.41. The summed E-state index contributed by atoms with van der Waals surface area (Å²) in [6.07, 6.45) is -0.0975. The maximum atomic E-state index is 12.6. The van der Waals surface area contributed by atoms with Gasteiger partial charge in [-0.1, -0.05) is 23.7 Å². The van der Waals surface area contributed by atoms with E-state index in [1.165, 1.54) is 24.5 Å². The minimum Gasteiger partial charge on any atom is -0.469 e. The number of esters is 1. The number of carbonyl (C=O) groups excluding carboxylic acids is 1. The number of nitrogens with one attached hydrogen (secondary N) is 1. The van der Waals surface area contributed by atoms with E-state index in [0.717, 1.165) is 10.4 Å². The van der Waals surface area contributed by atoms with E-state index in [2.05, 4.69) is 9.46 Å². The molecule has 8 heteroatoms. The summed E-state index contributed by atoms with van der Waals surface area (Å²) in [6.45, 7) is 1.82. The van der Waals surface area contributed by atoms with Crippen LogP contribution in [0.15, 0.2) is 40.6 Å². The van der Waals surface area contributed by atoms with Gasteiger partial charge in [0.15, 0.2) is 0 Å². The third kappa shape index (κ3) is 4.54. The summed E-state index contributed by atoms with van der Waals surface area (Å²) < 4.78 is 32.4. The van der Waals surface area contributed by atoms with Crippen LogP contribution in [0, 0.1) is 6.92 Å². The van der Waals surface area contributed by atoms with Crippen LogP contribution in [0.5, 0.6) is 0 Å². The van der Waals surface area contributed by atoms with Crippen LogP contribution in [0.4, 0.5) is 0 Å². The molecule has 0 amide bonds. The van der Waals surface area contributed by atoms with E-state index in [-0.39, 0.29) is 16.3 Å². The molecule has 0 bridgehead atoms. The van der Waals surface area contributed by atoms with Crippen molar-refractivity contribution < 1.29 is 17.9 Å². The molecule has 5 nitrogen and oxygen atoms in total. The number of hydrogen-bond acceptors (Lipinski definition) is 5. The Morgan fingerprint density at radius 2 is 2.13 bits per heavy atom. The number of carbonyl (C=O) groups is 1. The van der Waals surface area contributed by atoms with E-state index >= 15 is 0 Å². The predicted octanol–water partition coefficient (Wildman–Crippen LogP) is 3.29. The molecule has 1 unspecified atom stereocenters. The molecule has 2 aromatic rings. The SMILES string of the molecule is COC(=O)CC(NS(=O)(=O)c1ccc(C)cc1Cl)c1cccs1. The molecule has 1 aromatic heterocycles. The molecule has 2 rings (SSSR count). The smallest absolute Gasteiger partial charge is 0.307 e. The minimum atomic E-state index is -3.87. The van der Waals surface area contributed by atoms with Crippen LogP contribution >= 0.6 is 22.9 Å². The van der Waals surface area contributed by atoms with Crippen molar-refractivity contribution in [3.63, 3.8) is 0 Å². The van der Waals surface area contributed by atoms with Crippen molar-refractivity contribution in [3.05, 3.63) is 51.2 Å². The third-order valence-electron chi connectivity index (χ3n) is 3.16. The number of hydrogen-bond donors (Lipinski definition) is 1. The predicted molar refractivity (Wildman–Crippen MR) is 90.2 cm³/mol. The van der Waals surface area contributed by atoms with Crippen LogP contribution in [0.25, 0.3) is 0 Å². The summed E-state index contributed by atoms with van der Waals surface area (Å²) in [4.78, 5) is 12.3. The summed E-state index contributed by atoms with van der Waals surface area (Å²) in [5, 5.41) is 1.95. The average molecular weight is 374 g/mol. The lowest BCUT2D eigenvalue weighted by Gasteiger charge is -2.17. The fourth-order valence-electron chi connectivity index (χ4n) is 2.01. The van der Waals surface area contributed by atoms with E-state index < -0.39 is 22.0 Å². The molecule has 1 aromatic carbocycles. The van der Waals surface area contributed by atoms with E-state index in [0.29, 0.717) is 0 Å². The van der Waals surface area contributed by atoms with Crippen molar-refractivity contribution in [1.29, 1.82) is 0 Å². The van der Waals surface area contributed by atoms with Gasteiger partial charge in [0.05, 0.1) is 24.6 Å². The Balaban J connectivity index is 2.32. The van der Waals surface area contributed by atoms with Crippen LogP contribution in [0.3, 0.4) is 0 Å². The Bertz CT molecular complexity index is 788. The van der Waals surface area contributed by atoms with Crippen molar-refractivity contribution in [3.8, 4) is 0 Å². The number of aryl methyl sites for hydroxylation is 1. The summed E-state index contributed by atoms with van der Waals surface area (Å²) in [5.74, 6) is -0.499. The highest BCUT2D eigenvalue weighted by molar-refractivity contribution is 7.89. The second kappa shape index (κ2) is 7.44. The first-order chi connectivity index (χ1) is 10.8. The van der Waals surface area contributed by atoms with Crippen LogP contribution in [0.1, 0.15) is 22.9 Å². The monoisotopic (exact) mass is 373 g/mol. The van der Waals surface area contributed by atoms with Crippen molar-refractivity contribution >= 4 is 38.9 Å². The number of rotatable bonds is 6. The van der Waals surface area contributed by atoms with Crippen LogP contribution in [-0.4, -0.2) is 21.5 Å². The first-order valence-corrected chi connectivity index (χ1v) is 9.46. The standard InChI is InChI=1S/C15H16ClNO4S2/c1-10-5-6-14(11(16)8-10)23(19,20)17-12(9-15(18)21-2)13-4-3-7-22-13/h3-8,12,17H,9H2,1-2H3. The van der Waals surface area contributed by atoms with Gasteiger partial charge < -0.3 is 4.74 Å². The van der Waals surface area contributed by atoms with Crippen molar-refractivity contribution in [2.75, 3.05) is 7.11 Å². The van der Waals surface area contributed by atoms with E-state index in [4.69, 9.17) is 11.6 Å². The van der Waals surface area contributed by atoms with Gasteiger partial charge in [-0.05, 0) is 36.1 Å². The summed E-state index contributed by atoms with van der Waals surface area (Å²) in [6, 6.07) is 7.54. The number of benzene rings is 1. The Kier molecular flexibility index (Phi) is 5.80. The van der Waals surface area contributed by atoms with Crippen LogP contribution in [-0.2, 0) is 19.6 Å². The normalized spacial score (nSPS) is 12.8. The van der Waals surface area contributed by atoms with Crippen molar-refractivity contribution in [1.82, 2.24) is 4.72 Å².